The molecule has 0 radical (unpaired) electrons. The van der Waals surface area contributed by atoms with Crippen LogP contribution in [0.1, 0.15) is 16.7 Å². The first-order chi connectivity index (χ1) is 15.4. The highest BCUT2D eigenvalue weighted by Gasteiger charge is 2.35. The summed E-state index contributed by atoms with van der Waals surface area (Å²) in [4.78, 5) is 26.9. The Morgan fingerprint density at radius 2 is 1.72 bits per heavy atom. The van der Waals surface area contributed by atoms with Crippen LogP contribution in [0, 0.1) is 0 Å². The van der Waals surface area contributed by atoms with Gasteiger partial charge in [-0.1, -0.05) is 63.9 Å². The predicted molar refractivity (Wildman–Crippen MR) is 136 cm³/mol. The van der Waals surface area contributed by atoms with Gasteiger partial charge in [-0.25, -0.2) is 0 Å². The number of halogens is 3. The molecule has 0 unspecified atom stereocenters. The Balaban J connectivity index is 1.45. The van der Waals surface area contributed by atoms with E-state index in [2.05, 4.69) is 31.9 Å². The Morgan fingerprint density at radius 3 is 2.44 bits per heavy atom. The molecule has 2 amide bonds. The molecule has 32 heavy (non-hydrogen) atoms. The number of amides is 2. The Labute approximate surface area is 211 Å². The first kappa shape index (κ1) is 23.1. The monoisotopic (exact) mass is 591 g/mol. The fourth-order valence-electron chi connectivity index (χ4n) is 3.05. The van der Waals surface area contributed by atoms with Crippen LogP contribution < -0.4 is 4.74 Å². The average molecular weight is 594 g/mol. The Morgan fingerprint density at radius 1 is 0.969 bits per heavy atom. The Kier molecular flexibility index (Phi) is 7.40. The lowest BCUT2D eigenvalue weighted by molar-refractivity contribution is -0.123. The lowest BCUT2D eigenvalue weighted by Gasteiger charge is -2.13. The lowest BCUT2D eigenvalue weighted by Crippen LogP contribution is -2.27. The Hall–Kier alpha value is -2.06. The normalized spacial score (nSPS) is 15.0. The predicted octanol–water partition coefficient (Wildman–Crippen LogP) is 7.68. The molecule has 0 atom stereocenters. The van der Waals surface area contributed by atoms with Gasteiger partial charge in [-0.15, -0.1) is 0 Å². The van der Waals surface area contributed by atoms with Crippen molar-refractivity contribution in [2.75, 3.05) is 0 Å². The zero-order valence-electron chi connectivity index (χ0n) is 16.6. The van der Waals surface area contributed by atoms with Gasteiger partial charge in [-0.05, 0) is 80.8 Å². The van der Waals surface area contributed by atoms with E-state index in [1.165, 1.54) is 4.90 Å². The number of imide groups is 1. The van der Waals surface area contributed by atoms with Gasteiger partial charge in [0.15, 0.2) is 0 Å². The van der Waals surface area contributed by atoms with E-state index in [1.54, 1.807) is 6.08 Å². The summed E-state index contributed by atoms with van der Waals surface area (Å²) in [7, 11) is 0. The largest absolute Gasteiger partial charge is 0.488 e. The molecule has 3 aromatic carbocycles. The number of rotatable bonds is 6. The van der Waals surface area contributed by atoms with Gasteiger partial charge in [-0.2, -0.15) is 0 Å². The molecule has 1 heterocycles. The van der Waals surface area contributed by atoms with Gasteiger partial charge in [0.2, 0.25) is 0 Å². The summed E-state index contributed by atoms with van der Waals surface area (Å²) in [5, 5.41) is 0.402. The first-order valence-corrected chi connectivity index (χ1v) is 12.3. The van der Waals surface area contributed by atoms with Gasteiger partial charge in [0.1, 0.15) is 12.4 Å². The second kappa shape index (κ2) is 10.3. The highest BCUT2D eigenvalue weighted by Crippen LogP contribution is 2.35. The quantitative estimate of drug-likeness (QED) is 0.275. The molecule has 0 spiro atoms. The van der Waals surface area contributed by atoms with Crippen LogP contribution in [0.4, 0.5) is 4.79 Å². The van der Waals surface area contributed by atoms with Gasteiger partial charge in [-0.3, -0.25) is 14.5 Å². The van der Waals surface area contributed by atoms with Crippen molar-refractivity contribution in [2.45, 2.75) is 13.2 Å². The van der Waals surface area contributed by atoms with Crippen molar-refractivity contribution in [1.82, 2.24) is 4.90 Å². The molecule has 8 heteroatoms. The van der Waals surface area contributed by atoms with Gasteiger partial charge >= 0.3 is 0 Å². The summed E-state index contributed by atoms with van der Waals surface area (Å²) in [6.45, 7) is 0.633. The standard InChI is InChI=1S/C24H16Br2ClNO3S/c25-19-4-2-1-3-17(19)13-28-23(29)22(32-24(28)30)12-16-7-10-21(20(26)11-16)31-14-15-5-8-18(27)9-6-15/h1-12H,13-14H2/b22-12+. The molecule has 0 bridgehead atoms. The van der Waals surface area contributed by atoms with E-state index in [0.717, 1.165) is 37.4 Å². The van der Waals surface area contributed by atoms with Crippen LogP contribution in [-0.4, -0.2) is 16.0 Å². The van der Waals surface area contributed by atoms with Crippen molar-refractivity contribution in [1.29, 1.82) is 0 Å². The molecule has 4 rings (SSSR count). The van der Waals surface area contributed by atoms with Crippen LogP contribution >= 0.6 is 55.2 Å². The minimum atomic E-state index is -0.296. The highest BCUT2D eigenvalue weighted by molar-refractivity contribution is 9.10. The number of benzene rings is 3. The molecular weight excluding hydrogens is 578 g/mol. The molecule has 162 valence electrons. The number of thioether (sulfide) groups is 1. The minimum Gasteiger partial charge on any atom is -0.488 e. The van der Waals surface area contributed by atoms with Crippen LogP contribution in [0.3, 0.4) is 0 Å². The molecule has 0 aliphatic carbocycles. The van der Waals surface area contributed by atoms with Crippen LogP contribution in [0.2, 0.25) is 5.02 Å². The fraction of sp³-hybridized carbons (Fsp3) is 0.0833. The molecular formula is C24H16Br2ClNO3S. The van der Waals surface area contributed by atoms with E-state index in [4.69, 9.17) is 16.3 Å². The van der Waals surface area contributed by atoms with Crippen molar-refractivity contribution < 1.29 is 14.3 Å². The summed E-state index contributed by atoms with van der Waals surface area (Å²) < 4.78 is 7.49. The topological polar surface area (TPSA) is 46.6 Å². The number of nitrogens with zero attached hydrogens (tertiary/aromatic N) is 1. The van der Waals surface area contributed by atoms with E-state index in [9.17, 15) is 9.59 Å². The van der Waals surface area contributed by atoms with E-state index < -0.39 is 0 Å². The summed E-state index contributed by atoms with van der Waals surface area (Å²) in [6, 6.07) is 20.5. The third kappa shape index (κ3) is 5.46. The van der Waals surface area contributed by atoms with Crippen molar-refractivity contribution in [3.8, 4) is 5.75 Å². The van der Waals surface area contributed by atoms with Crippen molar-refractivity contribution in [2.24, 2.45) is 0 Å². The van der Waals surface area contributed by atoms with Gasteiger partial charge < -0.3 is 4.74 Å². The molecule has 1 aliphatic rings. The molecule has 4 nitrogen and oxygen atoms in total. The third-order valence-electron chi connectivity index (χ3n) is 4.72. The summed E-state index contributed by atoms with van der Waals surface area (Å²) in [6.07, 6.45) is 1.72. The number of ether oxygens (including phenoxy) is 1. The SMILES string of the molecule is O=C1S/C(=C/c2ccc(OCc3ccc(Cl)cc3)c(Br)c2)C(=O)N1Cc1ccccc1Br. The van der Waals surface area contributed by atoms with Crippen molar-refractivity contribution in [3.05, 3.63) is 102 Å². The van der Waals surface area contributed by atoms with Crippen molar-refractivity contribution in [3.63, 3.8) is 0 Å². The number of hydrogen-bond acceptors (Lipinski definition) is 4. The number of hydrogen-bond donors (Lipinski definition) is 0. The molecule has 1 aliphatic heterocycles. The zero-order chi connectivity index (χ0) is 22.7. The van der Waals surface area contributed by atoms with Gasteiger partial charge in [0.05, 0.1) is 15.9 Å². The van der Waals surface area contributed by atoms with E-state index in [1.807, 2.05) is 66.7 Å². The number of carbonyl (C=O) groups is 2. The maximum Gasteiger partial charge on any atom is 0.293 e. The smallest absolute Gasteiger partial charge is 0.293 e. The molecule has 3 aromatic rings. The molecule has 1 saturated heterocycles. The molecule has 0 saturated carbocycles. The minimum absolute atomic E-state index is 0.227. The van der Waals surface area contributed by atoms with Crippen LogP contribution in [-0.2, 0) is 17.9 Å². The zero-order valence-corrected chi connectivity index (χ0v) is 21.3. The second-order valence-electron chi connectivity index (χ2n) is 6.96. The second-order valence-corrected chi connectivity index (χ2v) is 10.1. The van der Waals surface area contributed by atoms with Crippen molar-refractivity contribution >= 4 is 72.4 Å². The summed E-state index contributed by atoms with van der Waals surface area (Å²) in [5.41, 5.74) is 2.67. The average Bonchev–Trinajstić information content (AvgIpc) is 3.03. The Bertz CT molecular complexity index is 1210. The third-order valence-corrected chi connectivity index (χ3v) is 7.27. The molecule has 0 aromatic heterocycles. The van der Waals surface area contributed by atoms with Gasteiger partial charge in [0, 0.05) is 9.50 Å². The van der Waals surface area contributed by atoms with Crippen LogP contribution in [0.25, 0.3) is 6.08 Å². The lowest BCUT2D eigenvalue weighted by atomic mass is 10.2. The van der Waals surface area contributed by atoms with E-state index in [-0.39, 0.29) is 17.7 Å². The van der Waals surface area contributed by atoms with E-state index in [0.29, 0.717) is 22.3 Å². The molecule has 0 N–H and O–H groups in total. The maximum atomic E-state index is 12.8. The van der Waals surface area contributed by atoms with Gasteiger partial charge in [0.25, 0.3) is 11.1 Å². The van der Waals surface area contributed by atoms with E-state index >= 15 is 0 Å². The van der Waals surface area contributed by atoms with Crippen LogP contribution in [0.5, 0.6) is 5.75 Å². The fourth-order valence-corrected chi connectivity index (χ4v) is 4.94. The molecule has 1 fully saturated rings. The summed E-state index contributed by atoms with van der Waals surface area (Å²) in [5.74, 6) is 0.383. The summed E-state index contributed by atoms with van der Waals surface area (Å²) >= 11 is 13.8. The highest BCUT2D eigenvalue weighted by atomic mass is 79.9. The number of carbonyl (C=O) groups excluding carboxylic acids is 2. The maximum absolute atomic E-state index is 12.8. The van der Waals surface area contributed by atoms with Crippen LogP contribution in [0.15, 0.2) is 80.6 Å². The first-order valence-electron chi connectivity index (χ1n) is 9.56.